The van der Waals surface area contributed by atoms with Crippen LogP contribution in [0.3, 0.4) is 0 Å². The minimum absolute atomic E-state index is 0.253. The summed E-state index contributed by atoms with van der Waals surface area (Å²) < 4.78 is 42.9. The van der Waals surface area contributed by atoms with Crippen molar-refractivity contribution in [3.63, 3.8) is 0 Å². The molecule has 0 bridgehead atoms. The van der Waals surface area contributed by atoms with Crippen LogP contribution in [0, 0.1) is 0 Å². The van der Waals surface area contributed by atoms with E-state index in [1.807, 2.05) is 30.3 Å². The first-order valence-corrected chi connectivity index (χ1v) is 16.6. The fourth-order valence-electron chi connectivity index (χ4n) is 3.71. The van der Waals surface area contributed by atoms with Gasteiger partial charge in [-0.25, -0.2) is 28.4 Å². The number of rotatable bonds is 12. The molecule has 3 heterocycles. The van der Waals surface area contributed by atoms with E-state index in [1.54, 1.807) is 0 Å². The van der Waals surface area contributed by atoms with E-state index in [4.69, 9.17) is 14.5 Å². The van der Waals surface area contributed by atoms with Crippen LogP contribution < -0.4 is 5.32 Å². The van der Waals surface area contributed by atoms with Crippen molar-refractivity contribution in [3.8, 4) is 0 Å². The first-order valence-electron chi connectivity index (χ1n) is 11.0. The molecule has 21 heteroatoms. The molecule has 0 amide bonds. The van der Waals surface area contributed by atoms with E-state index in [2.05, 4.69) is 45.2 Å². The molecule has 1 aliphatic heterocycles. The molecule has 0 radical (unpaired) electrons. The third-order valence-electron chi connectivity index (χ3n) is 5.34. The minimum Gasteiger partial charge on any atom is -0.387 e. The van der Waals surface area contributed by atoms with E-state index >= 15 is 0 Å². The number of hydrogen-bond donors (Lipinski definition) is 7. The van der Waals surface area contributed by atoms with Crippen LogP contribution in [0.2, 0.25) is 0 Å². The molecule has 2 unspecified atom stereocenters. The number of aliphatic hydroxyl groups is 2. The van der Waals surface area contributed by atoms with Crippen molar-refractivity contribution < 1.29 is 56.8 Å². The van der Waals surface area contributed by atoms with Gasteiger partial charge in [-0.15, -0.1) is 0 Å². The van der Waals surface area contributed by atoms with Gasteiger partial charge in [0.1, 0.15) is 24.6 Å². The number of fused-ring (bicyclic) bond motifs is 1. The SMILES string of the molecule is O=P(O)(OC[C@H]1O[C@@H](n2cnc3c(NCCc4ccccc4)ncnc32)[C@H](O)[C@@H]1O)OP(=O)(O)OP(O)(O)=S. The standard InChI is InChI=1S/C18H24N5O12P3S/c24-14-12(8-32-36(26,27)34-37(28,29)35-38(30,31)39)33-18(15(14)25)23-10-22-13-16(20-9-21-17(13)23)19-7-6-11-4-2-1-3-5-11/h1-5,9-10,12,14-15,18,24-25H,6-8H2,(H,26,27)(H,28,29)(H,19,20,21)(H2,30,31,39)/t12-,14-,15-,18-/m1/s1. The van der Waals surface area contributed by atoms with Gasteiger partial charge in [-0.1, -0.05) is 30.3 Å². The minimum atomic E-state index is -5.51. The molecule has 7 N–H and O–H groups in total. The van der Waals surface area contributed by atoms with Crippen LogP contribution in [0.25, 0.3) is 11.2 Å². The third kappa shape index (κ3) is 7.94. The topological polar surface area (TPSA) is 248 Å². The average Bonchev–Trinajstić information content (AvgIpc) is 3.38. The molecular formula is C18H24N5O12P3S. The molecule has 39 heavy (non-hydrogen) atoms. The number of imidazole rings is 1. The van der Waals surface area contributed by atoms with Gasteiger partial charge in [0.2, 0.25) is 0 Å². The van der Waals surface area contributed by atoms with Crippen LogP contribution >= 0.6 is 22.4 Å². The van der Waals surface area contributed by atoms with Gasteiger partial charge in [0.05, 0.1) is 12.9 Å². The monoisotopic (exact) mass is 627 g/mol. The number of aliphatic hydroxyl groups excluding tert-OH is 2. The molecule has 1 aliphatic rings. The summed E-state index contributed by atoms with van der Waals surface area (Å²) in [6.45, 7) is -5.08. The smallest absolute Gasteiger partial charge is 0.387 e. The summed E-state index contributed by atoms with van der Waals surface area (Å²) in [7, 11) is -10.9. The number of ether oxygens (including phenoxy) is 1. The Hall–Kier alpha value is -1.72. The first kappa shape index (κ1) is 30.2. The zero-order valence-electron chi connectivity index (χ0n) is 19.6. The van der Waals surface area contributed by atoms with Crippen molar-refractivity contribution in [2.45, 2.75) is 31.0 Å². The van der Waals surface area contributed by atoms with Crippen LogP contribution in [-0.4, -0.2) is 80.8 Å². The fourth-order valence-corrected chi connectivity index (χ4v) is 7.49. The van der Waals surface area contributed by atoms with E-state index < -0.39 is 53.5 Å². The molecular weight excluding hydrogens is 603 g/mol. The summed E-state index contributed by atoms with van der Waals surface area (Å²) in [5, 5.41) is 24.2. The van der Waals surface area contributed by atoms with E-state index in [0.29, 0.717) is 17.9 Å². The third-order valence-corrected chi connectivity index (χ3v) is 9.74. The van der Waals surface area contributed by atoms with Gasteiger partial charge in [-0.3, -0.25) is 9.09 Å². The molecule has 6 atom stereocenters. The summed E-state index contributed by atoms with van der Waals surface area (Å²) in [6.07, 6.45) is -2.59. The Morgan fingerprint density at radius 1 is 1.00 bits per heavy atom. The summed E-state index contributed by atoms with van der Waals surface area (Å²) in [4.78, 5) is 49.6. The second kappa shape index (κ2) is 12.0. The highest BCUT2D eigenvalue weighted by Gasteiger charge is 2.46. The molecule has 1 saturated heterocycles. The molecule has 0 aliphatic carbocycles. The second-order valence-corrected chi connectivity index (χ2v) is 14.0. The predicted molar refractivity (Wildman–Crippen MR) is 136 cm³/mol. The second-order valence-electron chi connectivity index (χ2n) is 8.14. The molecule has 0 spiro atoms. The molecule has 1 aromatic carbocycles. The predicted octanol–water partition coefficient (Wildman–Crippen LogP) is 0.560. The van der Waals surface area contributed by atoms with Crippen LogP contribution in [0.15, 0.2) is 43.0 Å². The maximum absolute atomic E-state index is 12.0. The van der Waals surface area contributed by atoms with Crippen LogP contribution in [0.1, 0.15) is 11.8 Å². The first-order chi connectivity index (χ1) is 18.2. The lowest BCUT2D eigenvalue weighted by atomic mass is 10.1. The quantitative estimate of drug-likeness (QED) is 0.136. The Morgan fingerprint density at radius 2 is 1.72 bits per heavy atom. The van der Waals surface area contributed by atoms with Crippen LogP contribution in [-0.2, 0) is 45.2 Å². The highest BCUT2D eigenvalue weighted by atomic mass is 32.5. The maximum Gasteiger partial charge on any atom is 0.488 e. The van der Waals surface area contributed by atoms with Gasteiger partial charge in [-0.2, -0.15) is 4.31 Å². The number of nitrogens with zero attached hydrogens (tertiary/aromatic N) is 4. The van der Waals surface area contributed by atoms with E-state index in [9.17, 15) is 29.1 Å². The zero-order chi connectivity index (χ0) is 28.4. The largest absolute Gasteiger partial charge is 0.488 e. The van der Waals surface area contributed by atoms with Crippen molar-refractivity contribution in [2.75, 3.05) is 18.5 Å². The van der Waals surface area contributed by atoms with Gasteiger partial charge >= 0.3 is 22.4 Å². The molecule has 3 aromatic rings. The van der Waals surface area contributed by atoms with E-state index in [1.165, 1.54) is 17.2 Å². The van der Waals surface area contributed by atoms with E-state index in [0.717, 1.165) is 12.0 Å². The summed E-state index contributed by atoms with van der Waals surface area (Å²) in [5.74, 6) is 0.424. The van der Waals surface area contributed by atoms with Gasteiger partial charge < -0.3 is 39.8 Å². The Morgan fingerprint density at radius 3 is 2.41 bits per heavy atom. The average molecular weight is 627 g/mol. The number of hydrogen-bond acceptors (Lipinski definition) is 13. The Kier molecular flexibility index (Phi) is 9.33. The number of nitrogens with one attached hydrogen (secondary N) is 1. The maximum atomic E-state index is 12.0. The van der Waals surface area contributed by atoms with Crippen LogP contribution in [0.4, 0.5) is 5.82 Å². The molecule has 214 valence electrons. The van der Waals surface area contributed by atoms with Crippen LogP contribution in [0.5, 0.6) is 0 Å². The number of phosphoric ester groups is 1. The van der Waals surface area contributed by atoms with Crippen molar-refractivity contribution in [1.82, 2.24) is 19.5 Å². The summed E-state index contributed by atoms with van der Waals surface area (Å²) in [6, 6.07) is 9.78. The zero-order valence-corrected chi connectivity index (χ0v) is 23.1. The highest BCUT2D eigenvalue weighted by molar-refractivity contribution is 8.08. The molecule has 4 rings (SSSR count). The lowest BCUT2D eigenvalue weighted by Gasteiger charge is -2.19. The molecule has 17 nitrogen and oxygen atoms in total. The van der Waals surface area contributed by atoms with Gasteiger partial charge in [0, 0.05) is 6.54 Å². The van der Waals surface area contributed by atoms with Crippen molar-refractivity contribution >= 4 is 51.2 Å². The fraction of sp³-hybridized carbons (Fsp3) is 0.389. The molecule has 2 aromatic heterocycles. The lowest BCUT2D eigenvalue weighted by Crippen LogP contribution is -2.33. The van der Waals surface area contributed by atoms with Gasteiger partial charge in [-0.05, 0) is 23.8 Å². The van der Waals surface area contributed by atoms with Crippen molar-refractivity contribution in [2.24, 2.45) is 0 Å². The summed E-state index contributed by atoms with van der Waals surface area (Å²) >= 11 is 4.01. The Balaban J connectivity index is 1.41. The van der Waals surface area contributed by atoms with Crippen molar-refractivity contribution in [3.05, 3.63) is 48.5 Å². The Bertz CT molecular complexity index is 1440. The van der Waals surface area contributed by atoms with Gasteiger partial charge in [0.25, 0.3) is 0 Å². The number of phosphoric acid groups is 2. The molecule has 0 saturated carbocycles. The number of anilines is 1. The van der Waals surface area contributed by atoms with Crippen molar-refractivity contribution in [1.29, 1.82) is 0 Å². The normalized spacial score (nSPS) is 24.9. The highest BCUT2D eigenvalue weighted by Crippen LogP contribution is 2.66. The summed E-state index contributed by atoms with van der Waals surface area (Å²) in [5.41, 5.74) is 1.73. The lowest BCUT2D eigenvalue weighted by molar-refractivity contribution is -0.0503. The number of benzene rings is 1. The van der Waals surface area contributed by atoms with E-state index in [-0.39, 0.29) is 5.65 Å². The van der Waals surface area contributed by atoms with Gasteiger partial charge in [0.15, 0.2) is 23.2 Å². The number of aromatic nitrogens is 4. The molecule has 1 fully saturated rings. The Labute approximate surface area is 225 Å².